The zero-order valence-electron chi connectivity index (χ0n) is 16.4. The van der Waals surface area contributed by atoms with Gasteiger partial charge in [-0.15, -0.1) is 0 Å². The summed E-state index contributed by atoms with van der Waals surface area (Å²) in [6.07, 6.45) is -1.41. The van der Waals surface area contributed by atoms with Gasteiger partial charge in [0.05, 0.1) is 5.69 Å². The van der Waals surface area contributed by atoms with Gasteiger partial charge in [-0.25, -0.2) is 17.6 Å². The summed E-state index contributed by atoms with van der Waals surface area (Å²) in [6.45, 7) is 0.811. The van der Waals surface area contributed by atoms with Crippen molar-refractivity contribution in [2.45, 2.75) is 25.4 Å². The third-order valence-corrected chi connectivity index (χ3v) is 4.78. The first-order valence-electron chi connectivity index (χ1n) is 9.36. The molecule has 9 heteroatoms. The number of benzene rings is 2. The minimum Gasteiger partial charge on any atom is -0.491 e. The Morgan fingerprint density at radius 2 is 1.90 bits per heavy atom. The van der Waals surface area contributed by atoms with Gasteiger partial charge >= 0.3 is 0 Å². The topological polar surface area (TPSA) is 46.6 Å². The van der Waals surface area contributed by atoms with Crippen molar-refractivity contribution in [1.82, 2.24) is 0 Å². The number of carbonyl (C=O) groups is 2. The molecule has 0 aromatic heterocycles. The van der Waals surface area contributed by atoms with Gasteiger partial charge in [0.25, 0.3) is 11.8 Å². The highest BCUT2D eigenvalue weighted by Gasteiger charge is 2.41. The van der Waals surface area contributed by atoms with E-state index >= 15 is 0 Å². The molecule has 1 atom stereocenters. The number of nitrogens with zero attached hydrogens (tertiary/aromatic N) is 1. The van der Waals surface area contributed by atoms with Crippen molar-refractivity contribution in [1.29, 1.82) is 0 Å². The summed E-state index contributed by atoms with van der Waals surface area (Å²) in [6, 6.07) is 8.86. The molecule has 1 aliphatic heterocycles. The predicted molar refractivity (Wildman–Crippen MR) is 109 cm³/mol. The van der Waals surface area contributed by atoms with Crippen molar-refractivity contribution in [2.24, 2.45) is 0 Å². The van der Waals surface area contributed by atoms with E-state index in [4.69, 9.17) is 16.3 Å². The standard InChI is InChI=1S/C22H18ClF4NO3/c1-13(24)12-31-16-5-2-14(3-6-16)21(30)28-9-8-22(26,27)18(11-20(23)29)17-10-15(25)4-7-19(17)28/h2-7,10-11,13H,8-9,12H2,1H3/b18-11-/t13-/m1/s1. The van der Waals surface area contributed by atoms with E-state index in [0.29, 0.717) is 11.8 Å². The zero-order valence-corrected chi connectivity index (χ0v) is 17.1. The normalized spacial score (nSPS) is 17.6. The van der Waals surface area contributed by atoms with Crippen LogP contribution in [0.5, 0.6) is 5.75 Å². The lowest BCUT2D eigenvalue weighted by Crippen LogP contribution is -2.33. The van der Waals surface area contributed by atoms with Crippen LogP contribution >= 0.6 is 11.6 Å². The molecule has 3 rings (SSSR count). The molecule has 1 aliphatic rings. The second kappa shape index (κ2) is 9.09. The summed E-state index contributed by atoms with van der Waals surface area (Å²) in [5.74, 6) is -4.58. The first kappa shape index (κ1) is 22.8. The van der Waals surface area contributed by atoms with Gasteiger partial charge in [-0.05, 0) is 61.0 Å². The van der Waals surface area contributed by atoms with Gasteiger partial charge in [0.1, 0.15) is 24.3 Å². The Bertz CT molecular complexity index is 1020. The van der Waals surface area contributed by atoms with Crippen molar-refractivity contribution in [3.63, 3.8) is 0 Å². The molecule has 164 valence electrons. The number of hydrogen-bond donors (Lipinski definition) is 0. The number of halogens is 5. The van der Waals surface area contributed by atoms with E-state index in [9.17, 15) is 27.2 Å². The highest BCUT2D eigenvalue weighted by atomic mass is 35.5. The van der Waals surface area contributed by atoms with Gasteiger partial charge in [0, 0.05) is 35.7 Å². The number of anilines is 1. The Morgan fingerprint density at radius 3 is 2.52 bits per heavy atom. The molecule has 0 unspecified atom stereocenters. The van der Waals surface area contributed by atoms with E-state index in [1.54, 1.807) is 0 Å². The molecule has 0 saturated heterocycles. The summed E-state index contributed by atoms with van der Waals surface area (Å²) in [7, 11) is 0. The molecule has 2 aromatic rings. The van der Waals surface area contributed by atoms with E-state index < -0.39 is 41.1 Å². The second-order valence-corrected chi connectivity index (χ2v) is 7.42. The number of fused-ring (bicyclic) bond motifs is 1. The average Bonchev–Trinajstić information content (AvgIpc) is 2.81. The van der Waals surface area contributed by atoms with Crippen molar-refractivity contribution in [2.75, 3.05) is 18.1 Å². The molecule has 0 saturated carbocycles. The minimum atomic E-state index is -3.51. The van der Waals surface area contributed by atoms with E-state index in [1.807, 2.05) is 0 Å². The van der Waals surface area contributed by atoms with Crippen LogP contribution in [0.15, 0.2) is 48.5 Å². The third kappa shape index (κ3) is 5.25. The number of amides is 1. The summed E-state index contributed by atoms with van der Waals surface area (Å²) in [4.78, 5) is 25.5. The number of hydrogen-bond acceptors (Lipinski definition) is 3. The molecule has 0 fully saturated rings. The molecule has 0 bridgehead atoms. The van der Waals surface area contributed by atoms with Gasteiger partial charge in [0.15, 0.2) is 0 Å². The summed E-state index contributed by atoms with van der Waals surface area (Å²) in [5, 5.41) is -1.14. The maximum Gasteiger partial charge on any atom is 0.275 e. The fourth-order valence-electron chi connectivity index (χ4n) is 3.23. The second-order valence-electron chi connectivity index (χ2n) is 7.05. The number of carbonyl (C=O) groups excluding carboxylic acids is 2. The van der Waals surface area contributed by atoms with Crippen molar-refractivity contribution in [3.8, 4) is 5.75 Å². The molecule has 0 aliphatic carbocycles. The first-order valence-corrected chi connectivity index (χ1v) is 9.74. The molecule has 4 nitrogen and oxygen atoms in total. The molecular formula is C22H18ClF4NO3. The van der Waals surface area contributed by atoms with Crippen LogP contribution < -0.4 is 9.64 Å². The Hall–Kier alpha value is -2.87. The smallest absolute Gasteiger partial charge is 0.275 e. The van der Waals surface area contributed by atoms with E-state index in [0.717, 1.165) is 17.0 Å². The highest BCUT2D eigenvalue weighted by Crippen LogP contribution is 2.43. The fraction of sp³-hybridized carbons (Fsp3) is 0.273. The number of rotatable bonds is 5. The Kier molecular flexibility index (Phi) is 6.69. The summed E-state index contributed by atoms with van der Waals surface area (Å²) in [5.41, 5.74) is -0.845. The lowest BCUT2D eigenvalue weighted by atomic mass is 9.97. The van der Waals surface area contributed by atoms with Gasteiger partial charge < -0.3 is 9.64 Å². The van der Waals surface area contributed by atoms with Crippen LogP contribution in [0.3, 0.4) is 0 Å². The largest absolute Gasteiger partial charge is 0.491 e. The summed E-state index contributed by atoms with van der Waals surface area (Å²) >= 11 is 5.29. The zero-order chi connectivity index (χ0) is 22.8. The van der Waals surface area contributed by atoms with Crippen molar-refractivity contribution >= 4 is 34.0 Å². The van der Waals surface area contributed by atoms with Crippen LogP contribution in [0.1, 0.15) is 29.3 Å². The third-order valence-electron chi connectivity index (χ3n) is 4.67. The Morgan fingerprint density at radius 1 is 1.23 bits per heavy atom. The van der Waals surface area contributed by atoms with E-state index in [2.05, 4.69) is 0 Å². The number of ether oxygens (including phenoxy) is 1. The molecule has 0 radical (unpaired) electrons. The van der Waals surface area contributed by atoms with Crippen LogP contribution in [-0.2, 0) is 4.79 Å². The summed E-state index contributed by atoms with van der Waals surface area (Å²) < 4.78 is 61.5. The average molecular weight is 456 g/mol. The maximum atomic E-state index is 14.8. The van der Waals surface area contributed by atoms with Crippen LogP contribution in [0, 0.1) is 5.82 Å². The Balaban J connectivity index is 2.00. The number of allylic oxidation sites excluding steroid dienone is 2. The van der Waals surface area contributed by atoms with Crippen LogP contribution in [0.2, 0.25) is 0 Å². The minimum absolute atomic E-state index is 0.0272. The molecule has 31 heavy (non-hydrogen) atoms. The molecule has 1 heterocycles. The Labute approximate surface area is 181 Å². The van der Waals surface area contributed by atoms with Crippen LogP contribution in [0.25, 0.3) is 5.57 Å². The fourth-order valence-corrected chi connectivity index (χ4v) is 3.34. The molecule has 0 N–H and O–H groups in total. The lowest BCUT2D eigenvalue weighted by Gasteiger charge is -2.23. The van der Waals surface area contributed by atoms with Gasteiger partial charge in [-0.2, -0.15) is 0 Å². The van der Waals surface area contributed by atoms with E-state index in [-0.39, 0.29) is 30.0 Å². The lowest BCUT2D eigenvalue weighted by molar-refractivity contribution is -0.107. The molecule has 2 aromatic carbocycles. The quantitative estimate of drug-likeness (QED) is 0.344. The monoisotopic (exact) mass is 455 g/mol. The van der Waals surface area contributed by atoms with Crippen LogP contribution in [0.4, 0.5) is 23.2 Å². The van der Waals surface area contributed by atoms with Crippen molar-refractivity contribution in [3.05, 3.63) is 65.5 Å². The highest BCUT2D eigenvalue weighted by molar-refractivity contribution is 6.67. The van der Waals surface area contributed by atoms with Gasteiger partial charge in [0.2, 0.25) is 5.24 Å². The van der Waals surface area contributed by atoms with Gasteiger partial charge in [-0.3, -0.25) is 9.59 Å². The molecule has 0 spiro atoms. The molecule has 1 amide bonds. The predicted octanol–water partition coefficient (Wildman–Crippen LogP) is 5.40. The first-order chi connectivity index (χ1) is 14.6. The SMILES string of the molecule is C[C@@H](F)COc1ccc(C(=O)N2CCC(F)(F)/C(=C\C(=O)Cl)c3cc(F)ccc32)cc1. The maximum absolute atomic E-state index is 14.8. The van der Waals surface area contributed by atoms with Gasteiger partial charge in [-0.1, -0.05) is 0 Å². The molecular weight excluding hydrogens is 438 g/mol. The number of alkyl halides is 3. The van der Waals surface area contributed by atoms with Crippen molar-refractivity contribution < 1.29 is 31.9 Å². The van der Waals surface area contributed by atoms with Crippen LogP contribution in [-0.4, -0.2) is 36.4 Å². The van der Waals surface area contributed by atoms with E-state index in [1.165, 1.54) is 37.3 Å².